The van der Waals surface area contributed by atoms with Crippen LogP contribution in [0.3, 0.4) is 0 Å². The topological polar surface area (TPSA) is 50.2 Å². The normalized spacial score (nSPS) is 10.2. The molecule has 2 aromatic rings. The first-order valence-corrected chi connectivity index (χ1v) is 6.32. The third kappa shape index (κ3) is 2.56. The number of carbonyl (C=O) groups excluding carboxylic acids is 1. The predicted molar refractivity (Wildman–Crippen MR) is 71.2 cm³/mol. The van der Waals surface area contributed by atoms with E-state index in [4.69, 9.17) is 0 Å². The van der Waals surface area contributed by atoms with Crippen LogP contribution in [0, 0.1) is 0 Å². The van der Waals surface area contributed by atoms with E-state index in [0.29, 0.717) is 4.47 Å². The minimum absolute atomic E-state index is 0.0595. The first-order valence-electron chi connectivity index (χ1n) is 4.73. The van der Waals surface area contributed by atoms with Crippen molar-refractivity contribution in [2.75, 3.05) is 0 Å². The molecule has 0 spiro atoms. The minimum atomic E-state index is -0.323. The van der Waals surface area contributed by atoms with Crippen LogP contribution in [-0.4, -0.2) is 15.9 Å². The van der Waals surface area contributed by atoms with Crippen LogP contribution >= 0.6 is 31.9 Å². The number of nitrogens with zero attached hydrogens (tertiary/aromatic N) is 1. The summed E-state index contributed by atoms with van der Waals surface area (Å²) in [4.78, 5) is 16.2. The Bertz CT molecular complexity index is 584. The third-order valence-corrected chi connectivity index (χ3v) is 3.31. The van der Waals surface area contributed by atoms with Crippen molar-refractivity contribution in [3.8, 4) is 5.75 Å². The fraction of sp³-hybridized carbons (Fsp3) is 0. The maximum atomic E-state index is 12.2. The van der Waals surface area contributed by atoms with Gasteiger partial charge < -0.3 is 5.11 Å². The maximum Gasteiger partial charge on any atom is 0.216 e. The molecule has 17 heavy (non-hydrogen) atoms. The SMILES string of the molecule is O=C(c1cc(Br)ccc1O)c1ncccc1Br. The van der Waals surface area contributed by atoms with Crippen LogP contribution in [0.4, 0.5) is 0 Å². The number of benzene rings is 1. The second-order valence-electron chi connectivity index (χ2n) is 3.32. The van der Waals surface area contributed by atoms with Gasteiger partial charge in [-0.05, 0) is 46.3 Å². The predicted octanol–water partition coefficient (Wildman–Crippen LogP) is 3.54. The molecule has 0 fully saturated rings. The zero-order valence-electron chi connectivity index (χ0n) is 8.52. The zero-order valence-corrected chi connectivity index (χ0v) is 11.7. The van der Waals surface area contributed by atoms with Crippen LogP contribution in [0.1, 0.15) is 16.1 Å². The molecule has 0 bridgehead atoms. The lowest BCUT2D eigenvalue weighted by molar-refractivity contribution is 0.103. The van der Waals surface area contributed by atoms with E-state index >= 15 is 0 Å². The van der Waals surface area contributed by atoms with Crippen LogP contribution in [0.25, 0.3) is 0 Å². The van der Waals surface area contributed by atoms with Crippen molar-refractivity contribution in [2.45, 2.75) is 0 Å². The number of rotatable bonds is 2. The van der Waals surface area contributed by atoms with Gasteiger partial charge in [0, 0.05) is 15.1 Å². The molecule has 0 aliphatic heterocycles. The number of pyridine rings is 1. The molecule has 1 heterocycles. The molecule has 86 valence electrons. The molecular weight excluding hydrogens is 350 g/mol. The molecule has 0 atom stereocenters. The van der Waals surface area contributed by atoms with Gasteiger partial charge in [0.15, 0.2) is 0 Å². The summed E-state index contributed by atoms with van der Waals surface area (Å²) in [5, 5.41) is 9.67. The summed E-state index contributed by atoms with van der Waals surface area (Å²) >= 11 is 6.52. The molecule has 0 unspecified atom stereocenters. The van der Waals surface area contributed by atoms with E-state index in [-0.39, 0.29) is 22.8 Å². The Morgan fingerprint density at radius 1 is 1.24 bits per heavy atom. The van der Waals surface area contributed by atoms with Gasteiger partial charge in [-0.15, -0.1) is 0 Å². The Balaban J connectivity index is 2.51. The number of aromatic nitrogens is 1. The Kier molecular flexibility index (Phi) is 3.59. The minimum Gasteiger partial charge on any atom is -0.507 e. The number of phenolic OH excluding ortho intramolecular Hbond substituents is 1. The van der Waals surface area contributed by atoms with Gasteiger partial charge in [-0.2, -0.15) is 0 Å². The van der Waals surface area contributed by atoms with E-state index in [1.54, 1.807) is 24.3 Å². The molecule has 1 aromatic heterocycles. The van der Waals surface area contributed by atoms with E-state index in [9.17, 15) is 9.90 Å². The highest BCUT2D eigenvalue weighted by Crippen LogP contribution is 2.26. The van der Waals surface area contributed by atoms with E-state index in [1.165, 1.54) is 12.3 Å². The first kappa shape index (κ1) is 12.3. The standard InChI is InChI=1S/C12H7Br2NO2/c13-7-3-4-10(16)8(6-7)12(17)11-9(14)2-1-5-15-11/h1-6,16H. The molecule has 0 amide bonds. The average molecular weight is 357 g/mol. The second kappa shape index (κ2) is 4.98. The largest absolute Gasteiger partial charge is 0.507 e. The lowest BCUT2D eigenvalue weighted by Crippen LogP contribution is -2.05. The summed E-state index contributed by atoms with van der Waals surface area (Å²) < 4.78 is 1.33. The highest BCUT2D eigenvalue weighted by molar-refractivity contribution is 9.10. The highest BCUT2D eigenvalue weighted by atomic mass is 79.9. The molecule has 0 saturated carbocycles. The molecule has 1 aromatic carbocycles. The third-order valence-electron chi connectivity index (χ3n) is 2.18. The molecule has 3 nitrogen and oxygen atoms in total. The summed E-state index contributed by atoms with van der Waals surface area (Å²) in [5.41, 5.74) is 0.500. The smallest absolute Gasteiger partial charge is 0.216 e. The van der Waals surface area contributed by atoms with E-state index in [2.05, 4.69) is 36.8 Å². The Morgan fingerprint density at radius 3 is 2.71 bits per heavy atom. The Labute approximate surface area is 115 Å². The summed E-state index contributed by atoms with van der Waals surface area (Å²) in [6, 6.07) is 8.16. The van der Waals surface area contributed by atoms with Crippen LogP contribution in [-0.2, 0) is 0 Å². The van der Waals surface area contributed by atoms with E-state index in [1.807, 2.05) is 0 Å². The van der Waals surface area contributed by atoms with Gasteiger partial charge in [0.1, 0.15) is 11.4 Å². The van der Waals surface area contributed by atoms with Crippen molar-refractivity contribution >= 4 is 37.6 Å². The number of carbonyl (C=O) groups is 1. The van der Waals surface area contributed by atoms with E-state index < -0.39 is 0 Å². The Hall–Kier alpha value is -1.20. The number of aromatic hydroxyl groups is 1. The van der Waals surface area contributed by atoms with Gasteiger partial charge in [-0.25, -0.2) is 0 Å². The van der Waals surface area contributed by atoms with Crippen molar-refractivity contribution in [1.29, 1.82) is 0 Å². The zero-order chi connectivity index (χ0) is 12.4. The van der Waals surface area contributed by atoms with Crippen molar-refractivity contribution in [1.82, 2.24) is 4.98 Å². The number of hydrogen-bond donors (Lipinski definition) is 1. The van der Waals surface area contributed by atoms with Crippen molar-refractivity contribution in [3.63, 3.8) is 0 Å². The van der Waals surface area contributed by atoms with Crippen molar-refractivity contribution in [3.05, 3.63) is 56.7 Å². The monoisotopic (exact) mass is 355 g/mol. The number of ketones is 1. The van der Waals surface area contributed by atoms with Crippen molar-refractivity contribution in [2.24, 2.45) is 0 Å². The summed E-state index contributed by atoms with van der Waals surface area (Å²) in [7, 11) is 0. The lowest BCUT2D eigenvalue weighted by Gasteiger charge is -2.05. The Morgan fingerprint density at radius 2 is 2.00 bits per heavy atom. The van der Waals surface area contributed by atoms with Crippen molar-refractivity contribution < 1.29 is 9.90 Å². The maximum absolute atomic E-state index is 12.2. The quantitative estimate of drug-likeness (QED) is 0.837. The van der Waals surface area contributed by atoms with Gasteiger partial charge in [-0.1, -0.05) is 15.9 Å². The first-order chi connectivity index (χ1) is 8.09. The summed E-state index contributed by atoms with van der Waals surface area (Å²) in [6.07, 6.45) is 1.53. The van der Waals surface area contributed by atoms with E-state index in [0.717, 1.165) is 4.47 Å². The molecule has 2 rings (SSSR count). The van der Waals surface area contributed by atoms with Gasteiger partial charge in [0.05, 0.1) is 5.56 Å². The van der Waals surface area contributed by atoms with Gasteiger partial charge >= 0.3 is 0 Å². The second-order valence-corrected chi connectivity index (χ2v) is 5.09. The number of halogens is 2. The van der Waals surface area contributed by atoms with Gasteiger partial charge in [0.25, 0.3) is 0 Å². The van der Waals surface area contributed by atoms with Crippen LogP contribution < -0.4 is 0 Å². The van der Waals surface area contributed by atoms with Crippen LogP contribution in [0.2, 0.25) is 0 Å². The number of phenols is 1. The number of hydrogen-bond acceptors (Lipinski definition) is 3. The summed E-state index contributed by atoms with van der Waals surface area (Å²) in [5.74, 6) is -0.382. The van der Waals surface area contributed by atoms with Crippen LogP contribution in [0.5, 0.6) is 5.75 Å². The van der Waals surface area contributed by atoms with Crippen LogP contribution in [0.15, 0.2) is 45.5 Å². The lowest BCUT2D eigenvalue weighted by atomic mass is 10.1. The highest BCUT2D eigenvalue weighted by Gasteiger charge is 2.17. The molecular formula is C12H7Br2NO2. The van der Waals surface area contributed by atoms with Gasteiger partial charge in [0.2, 0.25) is 5.78 Å². The molecule has 1 N–H and O–H groups in total. The molecule has 0 saturated heterocycles. The molecule has 0 aliphatic rings. The molecule has 5 heteroatoms. The fourth-order valence-corrected chi connectivity index (χ4v) is 2.17. The summed E-state index contributed by atoms with van der Waals surface area (Å²) in [6.45, 7) is 0. The molecule has 0 radical (unpaired) electrons. The molecule has 0 aliphatic carbocycles. The average Bonchev–Trinajstić information content (AvgIpc) is 2.32. The fourth-order valence-electron chi connectivity index (χ4n) is 1.37. The van der Waals surface area contributed by atoms with Gasteiger partial charge in [-0.3, -0.25) is 9.78 Å².